The second kappa shape index (κ2) is 5.44. The molecular weight excluding hydrogens is 218 g/mol. The predicted molar refractivity (Wildman–Crippen MR) is 72.9 cm³/mol. The zero-order valence-electron chi connectivity index (χ0n) is 10.5. The van der Waals surface area contributed by atoms with Gasteiger partial charge < -0.3 is 4.23 Å². The lowest BCUT2D eigenvalue weighted by atomic mass is 10.4. The number of hydrogen-bond donors (Lipinski definition) is 0. The molecule has 0 N–H and O–H groups in total. The van der Waals surface area contributed by atoms with Crippen molar-refractivity contribution in [2.45, 2.75) is 45.7 Å². The van der Waals surface area contributed by atoms with Crippen molar-refractivity contribution in [3.05, 3.63) is 11.8 Å². The lowest BCUT2D eigenvalue weighted by molar-refractivity contribution is 0.620. The van der Waals surface area contributed by atoms with Gasteiger partial charge in [-0.05, 0) is 13.0 Å². The van der Waals surface area contributed by atoms with E-state index in [0.29, 0.717) is 0 Å². The van der Waals surface area contributed by atoms with Gasteiger partial charge >= 0.3 is 0 Å². The zero-order chi connectivity index (χ0) is 11.4. The van der Waals surface area contributed by atoms with Gasteiger partial charge in [0.1, 0.15) is 16.5 Å². The van der Waals surface area contributed by atoms with Gasteiger partial charge in [0.2, 0.25) is 0 Å². The van der Waals surface area contributed by atoms with E-state index in [0.717, 1.165) is 6.42 Å². The van der Waals surface area contributed by atoms with E-state index < -0.39 is 16.5 Å². The van der Waals surface area contributed by atoms with Crippen LogP contribution in [0.1, 0.15) is 6.42 Å². The molecule has 0 fully saturated rings. The van der Waals surface area contributed by atoms with Gasteiger partial charge in [0.05, 0.1) is 10.2 Å². The molecule has 0 aliphatic carbocycles. The van der Waals surface area contributed by atoms with Crippen molar-refractivity contribution in [3.63, 3.8) is 0 Å². The van der Waals surface area contributed by atoms with E-state index in [1.165, 1.54) is 6.54 Å². The van der Waals surface area contributed by atoms with Crippen molar-refractivity contribution >= 4 is 26.7 Å². The highest BCUT2D eigenvalue weighted by atomic mass is 28.4. The molecule has 0 rings (SSSR count). The van der Waals surface area contributed by atoms with E-state index in [1.807, 2.05) is 5.70 Å². The van der Waals surface area contributed by atoms with Crippen LogP contribution in [-0.4, -0.2) is 37.5 Å². The van der Waals surface area contributed by atoms with Crippen LogP contribution in [0.4, 0.5) is 0 Å². The molecule has 0 spiro atoms. The second-order valence-corrected chi connectivity index (χ2v) is 16.2. The Labute approximate surface area is 95.2 Å². The van der Waals surface area contributed by atoms with Crippen LogP contribution in [0.25, 0.3) is 0 Å². The summed E-state index contributed by atoms with van der Waals surface area (Å²) >= 11 is 0. The first-order valence-electron chi connectivity index (χ1n) is 5.29. The van der Waals surface area contributed by atoms with Crippen molar-refractivity contribution in [2.75, 3.05) is 6.54 Å². The topological polar surface area (TPSA) is 3.24 Å². The summed E-state index contributed by atoms with van der Waals surface area (Å²) in [4.78, 5) is 0. The van der Waals surface area contributed by atoms with Crippen LogP contribution in [0.15, 0.2) is 11.8 Å². The smallest absolute Gasteiger partial charge is 0.112 e. The third-order valence-electron chi connectivity index (χ3n) is 2.26. The molecule has 4 heteroatoms. The molecule has 0 unspecified atom stereocenters. The highest BCUT2D eigenvalue weighted by Crippen LogP contribution is 2.19. The first-order valence-corrected chi connectivity index (χ1v) is 12.8. The first-order chi connectivity index (χ1) is 6.19. The number of hydrogen-bond acceptors (Lipinski definition) is 1. The summed E-state index contributed by atoms with van der Waals surface area (Å²) in [7, 11) is 1.12. The van der Waals surface area contributed by atoms with Crippen molar-refractivity contribution in [2.24, 2.45) is 0 Å². The molecule has 14 heavy (non-hydrogen) atoms. The Balaban J connectivity index is 4.43. The molecule has 0 aromatic heterocycles. The van der Waals surface area contributed by atoms with E-state index in [-0.39, 0.29) is 0 Å². The Morgan fingerprint density at radius 1 is 1.00 bits per heavy atom. The lowest BCUT2D eigenvalue weighted by Gasteiger charge is -2.43. The summed E-state index contributed by atoms with van der Waals surface area (Å²) < 4.78 is 2.81. The minimum absolute atomic E-state index is 1.13. The summed E-state index contributed by atoms with van der Waals surface area (Å²) in [6.45, 7) is 15.9. The fourth-order valence-electron chi connectivity index (χ4n) is 1.96. The molecule has 0 aromatic rings. The summed E-state index contributed by atoms with van der Waals surface area (Å²) in [6, 6.07) is 0. The van der Waals surface area contributed by atoms with Gasteiger partial charge in [0, 0.05) is 0 Å². The van der Waals surface area contributed by atoms with Gasteiger partial charge in [-0.1, -0.05) is 45.4 Å². The van der Waals surface area contributed by atoms with E-state index >= 15 is 0 Å². The van der Waals surface area contributed by atoms with Crippen molar-refractivity contribution in [1.29, 1.82) is 0 Å². The van der Waals surface area contributed by atoms with Gasteiger partial charge in [0.15, 0.2) is 0 Å². The highest BCUT2D eigenvalue weighted by Gasteiger charge is 2.33. The maximum absolute atomic E-state index is 3.37. The van der Waals surface area contributed by atoms with Crippen LogP contribution in [0.5, 0.6) is 0 Å². The standard InChI is InChI=1S/C10H24NSi3/c1-13(2,3)11(14(4,5)6)9-7-8-10-12/h8,10H,7,9H2,1-6H3. The van der Waals surface area contributed by atoms with Crippen LogP contribution < -0.4 is 0 Å². The summed E-state index contributed by atoms with van der Waals surface area (Å²) in [6.07, 6.45) is 3.36. The molecular formula is C10H24NSi3. The molecule has 0 aliphatic rings. The Kier molecular flexibility index (Phi) is 5.57. The van der Waals surface area contributed by atoms with Crippen molar-refractivity contribution < 1.29 is 0 Å². The zero-order valence-corrected chi connectivity index (χ0v) is 13.5. The average molecular weight is 243 g/mol. The Morgan fingerprint density at radius 2 is 1.43 bits per heavy atom. The predicted octanol–water partition coefficient (Wildman–Crippen LogP) is 3.03. The molecule has 0 saturated heterocycles. The molecule has 0 bridgehead atoms. The van der Waals surface area contributed by atoms with Crippen LogP contribution in [0, 0.1) is 0 Å². The van der Waals surface area contributed by atoms with E-state index in [2.05, 4.69) is 59.8 Å². The molecule has 1 nitrogen and oxygen atoms in total. The molecule has 3 radical (unpaired) electrons. The minimum Gasteiger partial charge on any atom is -0.346 e. The fourth-order valence-corrected chi connectivity index (χ4v) is 11.8. The van der Waals surface area contributed by atoms with Gasteiger partial charge in [-0.15, -0.1) is 5.70 Å². The van der Waals surface area contributed by atoms with E-state index in [4.69, 9.17) is 0 Å². The molecule has 81 valence electrons. The third kappa shape index (κ3) is 5.29. The third-order valence-corrected chi connectivity index (χ3v) is 10.2. The molecule has 0 amide bonds. The van der Waals surface area contributed by atoms with Gasteiger partial charge in [0.25, 0.3) is 0 Å². The Hall–Kier alpha value is 0.351. The number of nitrogens with zero attached hydrogens (tertiary/aromatic N) is 1. The summed E-state index contributed by atoms with van der Waals surface area (Å²) in [5, 5.41) is 0. The Morgan fingerprint density at radius 3 is 1.71 bits per heavy atom. The Bertz CT molecular complexity index is 175. The quantitative estimate of drug-likeness (QED) is 0.670. The average Bonchev–Trinajstić information content (AvgIpc) is 1.92. The second-order valence-electron chi connectivity index (χ2n) is 5.68. The van der Waals surface area contributed by atoms with Crippen LogP contribution in [0.2, 0.25) is 39.3 Å². The molecule has 0 saturated carbocycles. The number of rotatable bonds is 5. The molecule has 0 heterocycles. The van der Waals surface area contributed by atoms with E-state index in [9.17, 15) is 0 Å². The van der Waals surface area contributed by atoms with Crippen LogP contribution in [0.3, 0.4) is 0 Å². The largest absolute Gasteiger partial charge is 0.346 e. The van der Waals surface area contributed by atoms with E-state index in [1.54, 1.807) is 0 Å². The summed E-state index contributed by atoms with van der Waals surface area (Å²) in [5.74, 6) is 0. The molecule has 0 atom stereocenters. The molecule has 0 aliphatic heterocycles. The molecule has 0 aromatic carbocycles. The van der Waals surface area contributed by atoms with Gasteiger partial charge in [-0.25, -0.2) is 0 Å². The van der Waals surface area contributed by atoms with Crippen LogP contribution >= 0.6 is 0 Å². The minimum atomic E-state index is -1.13. The van der Waals surface area contributed by atoms with Gasteiger partial charge in [-0.2, -0.15) is 0 Å². The fraction of sp³-hybridized carbons (Fsp3) is 0.800. The highest BCUT2D eigenvalue weighted by molar-refractivity contribution is 6.89. The first kappa shape index (κ1) is 14.4. The summed E-state index contributed by atoms with van der Waals surface area (Å²) in [5.41, 5.74) is 1.96. The van der Waals surface area contributed by atoms with Crippen molar-refractivity contribution in [1.82, 2.24) is 4.23 Å². The maximum atomic E-state index is 3.37. The lowest BCUT2D eigenvalue weighted by Crippen LogP contribution is -2.59. The monoisotopic (exact) mass is 242 g/mol. The van der Waals surface area contributed by atoms with Crippen LogP contribution in [-0.2, 0) is 0 Å². The SMILES string of the molecule is C[Si](C)(C)N(CCC=C[Si])[Si](C)(C)C. The maximum Gasteiger partial charge on any atom is 0.112 e. The van der Waals surface area contributed by atoms with Gasteiger partial charge in [-0.3, -0.25) is 0 Å². The van der Waals surface area contributed by atoms with Crippen molar-refractivity contribution in [3.8, 4) is 0 Å². The normalized spacial score (nSPS) is 14.3.